The van der Waals surface area contributed by atoms with Crippen LogP contribution in [0.1, 0.15) is 6.92 Å². The number of Topliss-reactive ketones (excluding diaryl/α,β-unsaturated/α-hetero) is 1. The van der Waals surface area contributed by atoms with Crippen molar-refractivity contribution in [1.82, 2.24) is 0 Å². The van der Waals surface area contributed by atoms with Crippen molar-refractivity contribution in [3.05, 3.63) is 23.6 Å². The first-order valence-electron chi connectivity index (χ1n) is 3.00. The van der Waals surface area contributed by atoms with E-state index in [1.54, 1.807) is 0 Å². The van der Waals surface area contributed by atoms with E-state index in [4.69, 9.17) is 15.9 Å². The molecule has 1 rings (SSSR count). The van der Waals surface area contributed by atoms with Gasteiger partial charge < -0.3 is 10.5 Å². The molecule has 0 amide bonds. The molecule has 0 radical (unpaired) electrons. The third kappa shape index (κ3) is 1.02. The van der Waals surface area contributed by atoms with Gasteiger partial charge in [-0.15, -0.1) is 0 Å². The van der Waals surface area contributed by atoms with Crippen molar-refractivity contribution in [2.24, 2.45) is 5.73 Å². The first-order valence-corrected chi connectivity index (χ1v) is 3.00. The summed E-state index contributed by atoms with van der Waals surface area (Å²) in [5, 5.41) is 7.09. The van der Waals surface area contributed by atoms with E-state index in [0.717, 1.165) is 0 Å². The second-order valence-corrected chi connectivity index (χ2v) is 2.20. The Hall–Kier alpha value is -1.58. The van der Waals surface area contributed by atoms with E-state index in [1.807, 2.05) is 0 Å². The molecule has 0 unspecified atom stereocenters. The minimum atomic E-state index is -0.227. The number of carbonyl (C=O) groups is 1. The summed E-state index contributed by atoms with van der Waals surface area (Å²) in [6.07, 6.45) is 0. The van der Waals surface area contributed by atoms with Crippen LogP contribution in [0, 0.1) is 5.41 Å². The highest BCUT2D eigenvalue weighted by molar-refractivity contribution is 6.09. The Morgan fingerprint density at radius 3 is 2.45 bits per heavy atom. The maximum atomic E-state index is 10.8. The zero-order valence-electron chi connectivity index (χ0n) is 6.10. The third-order valence-corrected chi connectivity index (χ3v) is 1.37. The van der Waals surface area contributed by atoms with Crippen molar-refractivity contribution in [3.63, 3.8) is 0 Å². The lowest BCUT2D eigenvalue weighted by Crippen LogP contribution is -2.09. The number of ether oxygens (including phenoxy) is 1. The summed E-state index contributed by atoms with van der Waals surface area (Å²) in [7, 11) is 0. The Balaban J connectivity index is 3.17. The van der Waals surface area contributed by atoms with Gasteiger partial charge in [0.15, 0.2) is 5.78 Å². The summed E-state index contributed by atoms with van der Waals surface area (Å²) in [5.41, 5.74) is 5.65. The van der Waals surface area contributed by atoms with Crippen LogP contribution in [0.25, 0.3) is 0 Å². The van der Waals surface area contributed by atoms with Crippen LogP contribution in [0.2, 0.25) is 0 Å². The van der Waals surface area contributed by atoms with E-state index in [9.17, 15) is 4.79 Å². The lowest BCUT2D eigenvalue weighted by Gasteiger charge is -1.94. The summed E-state index contributed by atoms with van der Waals surface area (Å²) in [6.45, 7) is 4.79. The first kappa shape index (κ1) is 7.53. The SMILES string of the molecule is C=C1OC(=N)C(N)=C1C(C)=O. The number of ketones is 1. The maximum absolute atomic E-state index is 10.8. The highest BCUT2D eigenvalue weighted by Gasteiger charge is 2.26. The monoisotopic (exact) mass is 152 g/mol. The van der Waals surface area contributed by atoms with Crippen LogP contribution in [0.5, 0.6) is 0 Å². The molecular weight excluding hydrogens is 144 g/mol. The quantitative estimate of drug-likeness (QED) is 0.567. The molecule has 0 fully saturated rings. The van der Waals surface area contributed by atoms with E-state index in [-0.39, 0.29) is 28.7 Å². The van der Waals surface area contributed by atoms with Gasteiger partial charge in [-0.1, -0.05) is 6.58 Å². The second-order valence-electron chi connectivity index (χ2n) is 2.20. The molecule has 58 valence electrons. The topological polar surface area (TPSA) is 76.2 Å². The van der Waals surface area contributed by atoms with Crippen LogP contribution in [0.4, 0.5) is 0 Å². The van der Waals surface area contributed by atoms with Gasteiger partial charge in [-0.05, 0) is 6.92 Å². The summed E-state index contributed by atoms with van der Waals surface area (Å²) in [4.78, 5) is 10.8. The average molecular weight is 152 g/mol. The maximum Gasteiger partial charge on any atom is 0.236 e. The fourth-order valence-corrected chi connectivity index (χ4v) is 0.879. The number of rotatable bonds is 1. The molecule has 0 aromatic rings. The molecule has 0 saturated heterocycles. The number of hydrogen-bond acceptors (Lipinski definition) is 4. The van der Waals surface area contributed by atoms with Crippen molar-refractivity contribution in [3.8, 4) is 0 Å². The van der Waals surface area contributed by atoms with Crippen LogP contribution in [-0.2, 0) is 9.53 Å². The van der Waals surface area contributed by atoms with E-state index in [2.05, 4.69) is 6.58 Å². The van der Waals surface area contributed by atoms with Crippen molar-refractivity contribution < 1.29 is 9.53 Å². The highest BCUT2D eigenvalue weighted by atomic mass is 16.5. The van der Waals surface area contributed by atoms with Gasteiger partial charge in [0.2, 0.25) is 5.90 Å². The summed E-state index contributed by atoms with van der Waals surface area (Å²) in [6, 6.07) is 0. The summed E-state index contributed by atoms with van der Waals surface area (Å²) < 4.78 is 4.72. The van der Waals surface area contributed by atoms with Gasteiger partial charge in [0.1, 0.15) is 11.5 Å². The van der Waals surface area contributed by atoms with Crippen LogP contribution in [-0.4, -0.2) is 11.7 Å². The van der Waals surface area contributed by atoms with Gasteiger partial charge in [-0.3, -0.25) is 10.2 Å². The molecule has 0 saturated carbocycles. The molecule has 3 N–H and O–H groups in total. The zero-order valence-corrected chi connectivity index (χ0v) is 6.10. The van der Waals surface area contributed by atoms with Gasteiger partial charge in [0, 0.05) is 0 Å². The number of carbonyl (C=O) groups excluding carboxylic acids is 1. The van der Waals surface area contributed by atoms with Crippen LogP contribution in [0.15, 0.2) is 23.6 Å². The largest absolute Gasteiger partial charge is 0.437 e. The second kappa shape index (κ2) is 2.23. The van der Waals surface area contributed by atoms with Gasteiger partial charge >= 0.3 is 0 Å². The van der Waals surface area contributed by atoms with Crippen molar-refractivity contribution in [1.29, 1.82) is 5.41 Å². The molecular formula is C7H8N2O2. The number of nitrogens with one attached hydrogen (secondary N) is 1. The molecule has 0 atom stereocenters. The van der Waals surface area contributed by atoms with E-state index in [1.165, 1.54) is 6.92 Å². The minimum Gasteiger partial charge on any atom is -0.437 e. The van der Waals surface area contributed by atoms with Crippen LogP contribution < -0.4 is 5.73 Å². The van der Waals surface area contributed by atoms with Gasteiger partial charge in [0.25, 0.3) is 0 Å². The standard InChI is InChI=1S/C7H8N2O2/c1-3(10)5-4(2)11-7(9)6(5)8/h9H,2,8H2,1H3. The van der Waals surface area contributed by atoms with Gasteiger partial charge in [-0.2, -0.15) is 0 Å². The molecule has 1 heterocycles. The number of nitrogens with two attached hydrogens (primary N) is 1. The number of hydrogen-bond donors (Lipinski definition) is 2. The number of allylic oxidation sites excluding steroid dienone is 1. The average Bonchev–Trinajstić information content (AvgIpc) is 2.07. The van der Waals surface area contributed by atoms with Crippen molar-refractivity contribution in [2.45, 2.75) is 6.92 Å². The minimum absolute atomic E-state index is 0.0718. The summed E-state index contributed by atoms with van der Waals surface area (Å²) >= 11 is 0. The molecule has 0 spiro atoms. The summed E-state index contributed by atoms with van der Waals surface area (Å²) in [5.74, 6) is -0.255. The van der Waals surface area contributed by atoms with Crippen LogP contribution in [0.3, 0.4) is 0 Å². The molecule has 4 heteroatoms. The highest BCUT2D eigenvalue weighted by Crippen LogP contribution is 2.21. The van der Waals surface area contributed by atoms with Crippen LogP contribution >= 0.6 is 0 Å². The predicted molar refractivity (Wildman–Crippen MR) is 39.8 cm³/mol. The van der Waals surface area contributed by atoms with E-state index >= 15 is 0 Å². The fourth-order valence-electron chi connectivity index (χ4n) is 0.879. The lowest BCUT2D eigenvalue weighted by molar-refractivity contribution is -0.113. The Morgan fingerprint density at radius 2 is 2.27 bits per heavy atom. The van der Waals surface area contributed by atoms with Crippen molar-refractivity contribution >= 4 is 11.7 Å². The Kier molecular flexibility index (Phi) is 1.53. The smallest absolute Gasteiger partial charge is 0.236 e. The Labute approximate surface area is 63.8 Å². The normalized spacial score (nSPS) is 17.2. The molecule has 11 heavy (non-hydrogen) atoms. The molecule has 1 aliphatic rings. The molecule has 0 aliphatic carbocycles. The first-order chi connectivity index (χ1) is 5.04. The molecule has 0 bridgehead atoms. The zero-order chi connectivity index (χ0) is 8.59. The van der Waals surface area contributed by atoms with Crippen molar-refractivity contribution in [2.75, 3.05) is 0 Å². The Bertz CT molecular complexity index is 289. The molecule has 0 aromatic heterocycles. The molecule has 4 nitrogen and oxygen atoms in total. The lowest BCUT2D eigenvalue weighted by atomic mass is 10.1. The molecule has 0 aromatic carbocycles. The van der Waals surface area contributed by atoms with Gasteiger partial charge in [-0.25, -0.2) is 0 Å². The third-order valence-electron chi connectivity index (χ3n) is 1.37. The molecule has 1 aliphatic heterocycles. The fraction of sp³-hybridized carbons (Fsp3) is 0.143. The predicted octanol–water partition coefficient (Wildman–Crippen LogP) is 0.309. The van der Waals surface area contributed by atoms with E-state index < -0.39 is 0 Å². The van der Waals surface area contributed by atoms with E-state index in [0.29, 0.717) is 0 Å². The Morgan fingerprint density at radius 1 is 1.73 bits per heavy atom. The van der Waals surface area contributed by atoms with Gasteiger partial charge in [0.05, 0.1) is 5.57 Å².